The van der Waals surface area contributed by atoms with Crippen LogP contribution in [-0.4, -0.2) is 4.57 Å². The first-order chi connectivity index (χ1) is 8.20. The van der Waals surface area contributed by atoms with Crippen LogP contribution in [-0.2, 0) is 13.1 Å². The molecule has 17 heavy (non-hydrogen) atoms. The molecule has 4 heteroatoms. The molecule has 0 atom stereocenters. The zero-order valence-electron chi connectivity index (χ0n) is 9.58. The molecule has 0 radical (unpaired) electrons. The second kappa shape index (κ2) is 5.48. The van der Waals surface area contributed by atoms with Gasteiger partial charge in [-0.15, -0.1) is 0 Å². The molecule has 0 amide bonds. The zero-order chi connectivity index (χ0) is 12.3. The molecule has 0 bridgehead atoms. The summed E-state index contributed by atoms with van der Waals surface area (Å²) in [7, 11) is 0. The molecule has 0 aliphatic rings. The Kier molecular flexibility index (Phi) is 3.97. The Hall–Kier alpha value is -1.12. The van der Waals surface area contributed by atoms with Gasteiger partial charge in [-0.05, 0) is 37.3 Å². The highest BCUT2D eigenvalue weighted by molar-refractivity contribution is 6.42. The van der Waals surface area contributed by atoms with E-state index in [0.717, 1.165) is 18.8 Å². The van der Waals surface area contributed by atoms with Crippen molar-refractivity contribution in [1.82, 2.24) is 4.57 Å². The number of hydrogen-bond donors (Lipinski definition) is 1. The molecule has 1 N–H and O–H groups in total. The summed E-state index contributed by atoms with van der Waals surface area (Å²) in [5, 5.41) is 4.48. The fourth-order valence-corrected chi connectivity index (χ4v) is 2.02. The smallest absolute Gasteiger partial charge is 0.0612 e. The summed E-state index contributed by atoms with van der Waals surface area (Å²) in [4.78, 5) is 0. The molecule has 0 spiro atoms. The number of nitrogens with zero attached hydrogens (tertiary/aromatic N) is 1. The highest BCUT2D eigenvalue weighted by atomic mass is 35.5. The summed E-state index contributed by atoms with van der Waals surface area (Å²) in [6.07, 6.45) is 2.08. The minimum Gasteiger partial charge on any atom is -0.379 e. The normalized spacial score (nSPS) is 10.5. The van der Waals surface area contributed by atoms with Crippen LogP contribution in [0.1, 0.15) is 12.6 Å². The van der Waals surface area contributed by atoms with Crippen molar-refractivity contribution in [3.63, 3.8) is 0 Å². The molecule has 2 rings (SSSR count). The third-order valence-electron chi connectivity index (χ3n) is 2.66. The molecule has 1 aromatic carbocycles. The molecule has 1 aromatic heterocycles. The monoisotopic (exact) mass is 268 g/mol. The molecule has 0 unspecified atom stereocenters. The summed E-state index contributed by atoms with van der Waals surface area (Å²) in [5.41, 5.74) is 2.22. The fraction of sp³-hybridized carbons (Fsp3) is 0.231. The van der Waals surface area contributed by atoms with Gasteiger partial charge < -0.3 is 9.88 Å². The van der Waals surface area contributed by atoms with Crippen molar-refractivity contribution in [2.45, 2.75) is 20.0 Å². The number of nitrogens with one attached hydrogen (secondary N) is 1. The van der Waals surface area contributed by atoms with Crippen LogP contribution in [0.15, 0.2) is 36.5 Å². The lowest BCUT2D eigenvalue weighted by atomic mass is 10.3. The summed E-state index contributed by atoms with van der Waals surface area (Å²) in [5.74, 6) is 0. The van der Waals surface area contributed by atoms with Crippen molar-refractivity contribution in [1.29, 1.82) is 0 Å². The van der Waals surface area contributed by atoms with E-state index < -0.39 is 0 Å². The van der Waals surface area contributed by atoms with Crippen LogP contribution in [0.3, 0.4) is 0 Å². The van der Waals surface area contributed by atoms with Gasteiger partial charge in [0.1, 0.15) is 0 Å². The van der Waals surface area contributed by atoms with Crippen molar-refractivity contribution in [2.75, 3.05) is 5.32 Å². The van der Waals surface area contributed by atoms with E-state index in [1.165, 1.54) is 5.69 Å². The Morgan fingerprint density at radius 3 is 2.71 bits per heavy atom. The molecular weight excluding hydrogens is 255 g/mol. The van der Waals surface area contributed by atoms with Gasteiger partial charge >= 0.3 is 0 Å². The first kappa shape index (κ1) is 12.3. The van der Waals surface area contributed by atoms with Crippen molar-refractivity contribution in [2.24, 2.45) is 0 Å². The highest BCUT2D eigenvalue weighted by Gasteiger charge is 2.01. The number of anilines is 1. The standard InChI is InChI=1S/C13H14Cl2N2/c1-2-17-7-3-4-11(17)9-16-10-5-6-12(14)13(15)8-10/h3-8,16H,2,9H2,1H3. The van der Waals surface area contributed by atoms with E-state index in [0.29, 0.717) is 10.0 Å². The molecule has 0 fully saturated rings. The van der Waals surface area contributed by atoms with E-state index in [9.17, 15) is 0 Å². The van der Waals surface area contributed by atoms with Gasteiger partial charge in [0.2, 0.25) is 0 Å². The van der Waals surface area contributed by atoms with E-state index >= 15 is 0 Å². The Labute approximate surface area is 111 Å². The van der Waals surface area contributed by atoms with E-state index in [4.69, 9.17) is 23.2 Å². The summed E-state index contributed by atoms with van der Waals surface area (Å²) >= 11 is 11.8. The number of aryl methyl sites for hydroxylation is 1. The zero-order valence-corrected chi connectivity index (χ0v) is 11.1. The van der Waals surface area contributed by atoms with Gasteiger partial charge in [0.15, 0.2) is 0 Å². The maximum absolute atomic E-state index is 5.96. The third kappa shape index (κ3) is 2.96. The minimum atomic E-state index is 0.572. The number of aromatic nitrogens is 1. The maximum Gasteiger partial charge on any atom is 0.0612 e. The van der Waals surface area contributed by atoms with E-state index in [-0.39, 0.29) is 0 Å². The van der Waals surface area contributed by atoms with Gasteiger partial charge in [-0.3, -0.25) is 0 Å². The van der Waals surface area contributed by atoms with Gasteiger partial charge in [-0.1, -0.05) is 23.2 Å². The second-order valence-electron chi connectivity index (χ2n) is 3.77. The average molecular weight is 269 g/mol. The van der Waals surface area contributed by atoms with Crippen molar-refractivity contribution < 1.29 is 0 Å². The molecule has 2 aromatic rings. The van der Waals surface area contributed by atoms with Crippen LogP contribution in [0.2, 0.25) is 10.0 Å². The van der Waals surface area contributed by atoms with E-state index in [2.05, 4.69) is 35.1 Å². The van der Waals surface area contributed by atoms with Crippen LogP contribution >= 0.6 is 23.2 Å². The molecule has 0 aliphatic heterocycles. The van der Waals surface area contributed by atoms with Crippen LogP contribution in [0, 0.1) is 0 Å². The van der Waals surface area contributed by atoms with Gasteiger partial charge in [0.25, 0.3) is 0 Å². The van der Waals surface area contributed by atoms with Crippen LogP contribution < -0.4 is 5.32 Å². The number of hydrogen-bond acceptors (Lipinski definition) is 1. The Morgan fingerprint density at radius 2 is 2.00 bits per heavy atom. The average Bonchev–Trinajstić information content (AvgIpc) is 2.78. The van der Waals surface area contributed by atoms with E-state index in [1.54, 1.807) is 6.07 Å². The maximum atomic E-state index is 5.96. The predicted octanol–water partition coefficient (Wildman–Crippen LogP) is 4.43. The second-order valence-corrected chi connectivity index (χ2v) is 4.58. The van der Waals surface area contributed by atoms with Gasteiger partial charge in [0, 0.05) is 24.1 Å². The molecule has 1 heterocycles. The van der Waals surface area contributed by atoms with Gasteiger partial charge in [-0.2, -0.15) is 0 Å². The Balaban J connectivity index is 2.05. The minimum absolute atomic E-state index is 0.572. The van der Waals surface area contributed by atoms with Crippen molar-refractivity contribution >= 4 is 28.9 Å². The number of halogens is 2. The summed E-state index contributed by atoms with van der Waals surface area (Å²) in [6.45, 7) is 3.88. The first-order valence-electron chi connectivity index (χ1n) is 5.53. The third-order valence-corrected chi connectivity index (χ3v) is 3.40. The molecule has 90 valence electrons. The molecular formula is C13H14Cl2N2. The lowest BCUT2D eigenvalue weighted by molar-refractivity contribution is 0.724. The summed E-state index contributed by atoms with van der Waals surface area (Å²) < 4.78 is 2.20. The highest BCUT2D eigenvalue weighted by Crippen LogP contribution is 2.25. The fourth-order valence-electron chi connectivity index (χ4n) is 1.72. The predicted molar refractivity (Wildman–Crippen MR) is 73.9 cm³/mol. The van der Waals surface area contributed by atoms with Crippen LogP contribution in [0.4, 0.5) is 5.69 Å². The van der Waals surface area contributed by atoms with Crippen molar-refractivity contribution in [3.05, 3.63) is 52.3 Å². The quantitative estimate of drug-likeness (QED) is 0.868. The summed E-state index contributed by atoms with van der Waals surface area (Å²) in [6, 6.07) is 9.71. The largest absolute Gasteiger partial charge is 0.379 e. The van der Waals surface area contributed by atoms with Crippen LogP contribution in [0.5, 0.6) is 0 Å². The lowest BCUT2D eigenvalue weighted by Gasteiger charge is -2.09. The Bertz CT molecular complexity index is 506. The SMILES string of the molecule is CCn1cccc1CNc1ccc(Cl)c(Cl)c1. The topological polar surface area (TPSA) is 17.0 Å². The molecule has 0 saturated heterocycles. The number of rotatable bonds is 4. The Morgan fingerprint density at radius 1 is 1.18 bits per heavy atom. The lowest BCUT2D eigenvalue weighted by Crippen LogP contribution is -2.05. The van der Waals surface area contributed by atoms with Gasteiger partial charge in [-0.25, -0.2) is 0 Å². The first-order valence-corrected chi connectivity index (χ1v) is 6.29. The number of benzene rings is 1. The van der Waals surface area contributed by atoms with Crippen LogP contribution in [0.25, 0.3) is 0 Å². The molecule has 0 saturated carbocycles. The van der Waals surface area contributed by atoms with Gasteiger partial charge in [0.05, 0.1) is 16.6 Å². The molecule has 2 nitrogen and oxygen atoms in total. The van der Waals surface area contributed by atoms with Crippen molar-refractivity contribution in [3.8, 4) is 0 Å². The molecule has 0 aliphatic carbocycles. The van der Waals surface area contributed by atoms with E-state index in [1.807, 2.05) is 12.1 Å².